The van der Waals surface area contributed by atoms with Crippen molar-refractivity contribution in [3.05, 3.63) is 70.8 Å². The molecule has 3 rings (SSSR count). The maximum absolute atomic E-state index is 11.7. The molecule has 7 nitrogen and oxygen atoms in total. The van der Waals surface area contributed by atoms with Gasteiger partial charge in [0.2, 0.25) is 0 Å². The van der Waals surface area contributed by atoms with E-state index in [0.29, 0.717) is 24.0 Å². The molecule has 0 saturated carbocycles. The molecule has 0 radical (unpaired) electrons. The van der Waals surface area contributed by atoms with Crippen LogP contribution in [0.4, 0.5) is 0 Å². The summed E-state index contributed by atoms with van der Waals surface area (Å²) >= 11 is 0. The number of rotatable bonds is 6. The number of hydrogen-bond acceptors (Lipinski definition) is 7. The Hall–Kier alpha value is -2.29. The van der Waals surface area contributed by atoms with Crippen LogP contribution in [0.5, 0.6) is 0 Å². The van der Waals surface area contributed by atoms with E-state index in [2.05, 4.69) is 0 Å². The molecule has 0 aromatic heterocycles. The van der Waals surface area contributed by atoms with Crippen molar-refractivity contribution in [3.63, 3.8) is 0 Å². The van der Waals surface area contributed by atoms with E-state index in [4.69, 9.17) is 9.47 Å². The van der Waals surface area contributed by atoms with Gasteiger partial charge >= 0.3 is 5.97 Å². The van der Waals surface area contributed by atoms with E-state index in [0.717, 1.165) is 11.1 Å². The molecule has 1 heterocycles. The Morgan fingerprint density at radius 3 is 2.28 bits per heavy atom. The van der Waals surface area contributed by atoms with Crippen molar-refractivity contribution < 1.29 is 34.7 Å². The van der Waals surface area contributed by atoms with Gasteiger partial charge in [-0.05, 0) is 41.7 Å². The van der Waals surface area contributed by atoms with Crippen LogP contribution in [0.2, 0.25) is 0 Å². The number of ether oxygens (including phenoxy) is 2. The quantitative estimate of drug-likeness (QED) is 0.528. The van der Waals surface area contributed by atoms with Gasteiger partial charge in [0.15, 0.2) is 0 Å². The van der Waals surface area contributed by atoms with Gasteiger partial charge in [0.05, 0.1) is 19.3 Å². The Bertz CT molecular complexity index is 835. The summed E-state index contributed by atoms with van der Waals surface area (Å²) in [6, 6.07) is 14.7. The van der Waals surface area contributed by atoms with E-state index in [1.54, 1.807) is 18.2 Å². The number of benzene rings is 2. The van der Waals surface area contributed by atoms with E-state index >= 15 is 0 Å². The van der Waals surface area contributed by atoms with E-state index in [1.807, 2.05) is 30.3 Å². The smallest absolute Gasteiger partial charge is 0.337 e. The number of aliphatic hydroxyl groups is 4. The molecule has 5 atom stereocenters. The summed E-state index contributed by atoms with van der Waals surface area (Å²) in [6.07, 6.45) is -4.50. The van der Waals surface area contributed by atoms with E-state index in [-0.39, 0.29) is 5.97 Å². The van der Waals surface area contributed by atoms with Crippen LogP contribution in [-0.4, -0.2) is 64.5 Å². The zero-order valence-electron chi connectivity index (χ0n) is 16.1. The van der Waals surface area contributed by atoms with Gasteiger partial charge in [0.25, 0.3) is 0 Å². The van der Waals surface area contributed by atoms with Gasteiger partial charge in [0, 0.05) is 0 Å². The molecule has 5 unspecified atom stereocenters. The van der Waals surface area contributed by atoms with Gasteiger partial charge in [-0.3, -0.25) is 0 Å². The van der Waals surface area contributed by atoms with Gasteiger partial charge in [-0.15, -0.1) is 0 Å². The van der Waals surface area contributed by atoms with E-state index in [9.17, 15) is 25.2 Å². The number of carbonyl (C=O) groups excluding carboxylic acids is 1. The molecular weight excluding hydrogens is 376 g/mol. The minimum atomic E-state index is -1.41. The predicted molar refractivity (Wildman–Crippen MR) is 104 cm³/mol. The van der Waals surface area contributed by atoms with Crippen molar-refractivity contribution in [3.8, 4) is 0 Å². The molecule has 4 N–H and O–H groups in total. The Morgan fingerprint density at radius 2 is 1.62 bits per heavy atom. The summed E-state index contributed by atoms with van der Waals surface area (Å²) < 4.78 is 10.4. The molecular formula is C22H26O7. The van der Waals surface area contributed by atoms with Crippen molar-refractivity contribution in [2.75, 3.05) is 13.7 Å². The van der Waals surface area contributed by atoms with Gasteiger partial charge in [-0.25, -0.2) is 4.79 Å². The SMILES string of the molecule is COC(=O)c1cccc(CCc2cccc(C3OC(CO)C(O)C(O)C3O)c2)c1. The fourth-order valence-electron chi connectivity index (χ4n) is 3.56. The van der Waals surface area contributed by atoms with Crippen LogP contribution >= 0.6 is 0 Å². The molecule has 0 bridgehead atoms. The van der Waals surface area contributed by atoms with Crippen molar-refractivity contribution in [2.24, 2.45) is 0 Å². The molecule has 2 aromatic carbocycles. The largest absolute Gasteiger partial charge is 0.465 e. The van der Waals surface area contributed by atoms with Crippen molar-refractivity contribution in [1.82, 2.24) is 0 Å². The fourth-order valence-corrected chi connectivity index (χ4v) is 3.56. The number of aliphatic hydroxyl groups excluding tert-OH is 4. The van der Waals surface area contributed by atoms with Gasteiger partial charge < -0.3 is 29.9 Å². The van der Waals surface area contributed by atoms with E-state index in [1.165, 1.54) is 7.11 Å². The minimum Gasteiger partial charge on any atom is -0.465 e. The van der Waals surface area contributed by atoms with Gasteiger partial charge in [-0.1, -0.05) is 36.4 Å². The normalized spacial score (nSPS) is 26.9. The Kier molecular flexibility index (Phi) is 7.00. The predicted octanol–water partition coefficient (Wildman–Crippen LogP) is 0.773. The second kappa shape index (κ2) is 9.47. The third kappa shape index (κ3) is 4.83. The summed E-state index contributed by atoms with van der Waals surface area (Å²) in [5.74, 6) is -0.378. The lowest BCUT2D eigenvalue weighted by molar-refractivity contribution is -0.231. The van der Waals surface area contributed by atoms with Crippen LogP contribution in [0.25, 0.3) is 0 Å². The second-order valence-corrected chi connectivity index (χ2v) is 7.19. The van der Waals surface area contributed by atoms with Crippen molar-refractivity contribution in [2.45, 2.75) is 43.4 Å². The van der Waals surface area contributed by atoms with Crippen LogP contribution in [0, 0.1) is 0 Å². The van der Waals surface area contributed by atoms with Crippen LogP contribution in [0.15, 0.2) is 48.5 Å². The molecule has 0 aliphatic carbocycles. The average molecular weight is 402 g/mol. The van der Waals surface area contributed by atoms with Crippen molar-refractivity contribution >= 4 is 5.97 Å². The lowest BCUT2D eigenvalue weighted by Gasteiger charge is -2.40. The molecule has 1 saturated heterocycles. The second-order valence-electron chi connectivity index (χ2n) is 7.19. The van der Waals surface area contributed by atoms with E-state index < -0.39 is 37.1 Å². The Morgan fingerprint density at radius 1 is 0.966 bits per heavy atom. The highest BCUT2D eigenvalue weighted by atomic mass is 16.5. The fraction of sp³-hybridized carbons (Fsp3) is 0.409. The first-order valence-electron chi connectivity index (χ1n) is 9.51. The zero-order chi connectivity index (χ0) is 21.0. The number of esters is 1. The number of hydrogen-bond donors (Lipinski definition) is 4. The van der Waals surface area contributed by atoms with Crippen molar-refractivity contribution in [1.29, 1.82) is 0 Å². The third-order valence-electron chi connectivity index (χ3n) is 5.22. The van der Waals surface area contributed by atoms with Crippen LogP contribution in [0.1, 0.15) is 33.2 Å². The number of methoxy groups -OCH3 is 1. The Labute approximate surface area is 169 Å². The van der Waals surface area contributed by atoms with Crippen LogP contribution < -0.4 is 0 Å². The highest BCUT2D eigenvalue weighted by Gasteiger charge is 2.43. The number of aryl methyl sites for hydroxylation is 2. The molecule has 156 valence electrons. The summed E-state index contributed by atoms with van der Waals surface area (Å²) in [7, 11) is 1.35. The lowest BCUT2D eigenvalue weighted by atomic mass is 9.90. The molecule has 1 fully saturated rings. The van der Waals surface area contributed by atoms with Gasteiger partial charge in [0.1, 0.15) is 30.5 Å². The van der Waals surface area contributed by atoms with Gasteiger partial charge in [-0.2, -0.15) is 0 Å². The summed E-state index contributed by atoms with van der Waals surface area (Å²) in [5, 5.41) is 39.6. The molecule has 1 aliphatic rings. The third-order valence-corrected chi connectivity index (χ3v) is 5.22. The Balaban J connectivity index is 1.72. The summed E-state index contributed by atoms with van der Waals surface area (Å²) in [5.41, 5.74) is 3.14. The lowest BCUT2D eigenvalue weighted by Crippen LogP contribution is -2.55. The number of carbonyl (C=O) groups is 1. The molecule has 0 amide bonds. The van der Waals surface area contributed by atoms with Crippen LogP contribution in [-0.2, 0) is 22.3 Å². The summed E-state index contributed by atoms with van der Waals surface area (Å²) in [6.45, 7) is -0.461. The monoisotopic (exact) mass is 402 g/mol. The zero-order valence-corrected chi connectivity index (χ0v) is 16.1. The topological polar surface area (TPSA) is 116 Å². The molecule has 1 aliphatic heterocycles. The molecule has 7 heteroatoms. The first-order valence-corrected chi connectivity index (χ1v) is 9.51. The maximum atomic E-state index is 11.7. The maximum Gasteiger partial charge on any atom is 0.337 e. The molecule has 2 aromatic rings. The first-order chi connectivity index (χ1) is 13.9. The molecule has 29 heavy (non-hydrogen) atoms. The minimum absolute atomic E-state index is 0.378. The average Bonchev–Trinajstić information content (AvgIpc) is 2.76. The first kappa shape index (κ1) is 21.4. The highest BCUT2D eigenvalue weighted by molar-refractivity contribution is 5.89. The van der Waals surface area contributed by atoms with Crippen LogP contribution in [0.3, 0.4) is 0 Å². The summed E-state index contributed by atoms with van der Waals surface area (Å²) in [4.78, 5) is 11.7. The molecule has 0 spiro atoms. The highest BCUT2D eigenvalue weighted by Crippen LogP contribution is 2.32. The standard InChI is InChI=1S/C22H26O7/c1-28-22(27)16-7-3-5-14(11-16)9-8-13-4-2-6-15(10-13)21-20(26)19(25)18(24)17(12-23)29-21/h2-7,10-11,17-21,23-26H,8-9,12H2,1H3.